The number of carbonyl (C=O) groups excluding carboxylic acids is 1. The molecule has 0 aromatic carbocycles. The maximum Gasteiger partial charge on any atom is 0.267 e. The smallest absolute Gasteiger partial charge is 0.267 e. The zero-order valence-corrected chi connectivity index (χ0v) is 13.9. The highest BCUT2D eigenvalue weighted by atomic mass is 79.9. The molecular weight excluding hydrogens is 332 g/mol. The lowest BCUT2D eigenvalue weighted by Gasteiger charge is -2.27. The molecule has 6 heteroatoms. The summed E-state index contributed by atoms with van der Waals surface area (Å²) in [5.74, 6) is 0.0490. The van der Waals surface area contributed by atoms with Gasteiger partial charge in [-0.2, -0.15) is 0 Å². The molecule has 2 fully saturated rings. The van der Waals surface area contributed by atoms with Crippen LogP contribution in [0.2, 0.25) is 0 Å². The molecule has 0 radical (unpaired) electrons. The number of carbonyl (C=O) groups is 1. The second-order valence-corrected chi connectivity index (χ2v) is 6.80. The van der Waals surface area contributed by atoms with E-state index in [2.05, 4.69) is 36.0 Å². The van der Waals surface area contributed by atoms with E-state index in [4.69, 9.17) is 0 Å². The Labute approximate surface area is 134 Å². The molecule has 1 aliphatic heterocycles. The van der Waals surface area contributed by atoms with Crippen molar-refractivity contribution in [2.45, 2.75) is 25.3 Å². The number of rotatable bonds is 6. The summed E-state index contributed by atoms with van der Waals surface area (Å²) in [6, 6.07) is 2.45. The lowest BCUT2D eigenvalue weighted by atomic mass is 10.3. The molecule has 0 atom stereocenters. The summed E-state index contributed by atoms with van der Waals surface area (Å²) in [5, 5.41) is 6.40. The molecule has 21 heavy (non-hydrogen) atoms. The van der Waals surface area contributed by atoms with Crippen molar-refractivity contribution in [2.75, 3.05) is 39.3 Å². The summed E-state index contributed by atoms with van der Waals surface area (Å²) in [7, 11) is 0. The minimum atomic E-state index is 0.0490. The van der Waals surface area contributed by atoms with Crippen molar-refractivity contribution < 1.29 is 4.79 Å². The van der Waals surface area contributed by atoms with Gasteiger partial charge in [0.1, 0.15) is 5.69 Å². The van der Waals surface area contributed by atoms with Crippen LogP contribution in [0.1, 0.15) is 35.8 Å². The summed E-state index contributed by atoms with van der Waals surface area (Å²) in [5.41, 5.74) is 0.784. The number of hydrogen-bond acceptors (Lipinski definition) is 3. The van der Waals surface area contributed by atoms with Gasteiger partial charge >= 0.3 is 0 Å². The Bertz CT molecular complexity index is 492. The molecule has 1 saturated heterocycles. The minimum Gasteiger partial charge on any atom is -0.351 e. The molecule has 0 spiro atoms. The fraction of sp³-hybridized carbons (Fsp3) is 0.667. The van der Waals surface area contributed by atoms with Gasteiger partial charge in [0.25, 0.3) is 5.91 Å². The zero-order valence-electron chi connectivity index (χ0n) is 12.3. The van der Waals surface area contributed by atoms with Gasteiger partial charge in [0.05, 0.1) is 0 Å². The number of nitrogens with one attached hydrogen (secondary N) is 2. The molecule has 1 aliphatic carbocycles. The molecule has 116 valence electrons. The molecular formula is C15H23BrN4O. The first-order valence-electron chi connectivity index (χ1n) is 7.82. The number of piperazine rings is 1. The summed E-state index contributed by atoms with van der Waals surface area (Å²) in [6.07, 6.45) is 5.40. The van der Waals surface area contributed by atoms with Crippen LogP contribution < -0.4 is 10.6 Å². The fourth-order valence-corrected chi connectivity index (χ4v) is 3.25. The number of hydrogen-bond donors (Lipinski definition) is 2. The molecule has 2 aliphatic rings. The fourth-order valence-electron chi connectivity index (χ4n) is 2.81. The Balaban J connectivity index is 1.43. The second kappa shape index (κ2) is 6.94. The molecule has 1 aromatic heterocycles. The minimum absolute atomic E-state index is 0.0490. The molecule has 1 saturated carbocycles. The van der Waals surface area contributed by atoms with E-state index in [0.29, 0.717) is 6.04 Å². The standard InChI is InChI=1S/C15H23BrN4O/c16-12-10-14(20(11-12)13-2-3-13)15(21)18-4-1-7-19-8-5-17-6-9-19/h10-11,13,17H,1-9H2,(H,18,21). The van der Waals surface area contributed by atoms with Crippen molar-refractivity contribution in [3.63, 3.8) is 0 Å². The first-order chi connectivity index (χ1) is 10.2. The Kier molecular flexibility index (Phi) is 4.98. The Hall–Kier alpha value is -0.850. The zero-order chi connectivity index (χ0) is 14.7. The topological polar surface area (TPSA) is 49.3 Å². The molecule has 2 N–H and O–H groups in total. The third kappa shape index (κ3) is 4.08. The van der Waals surface area contributed by atoms with Crippen LogP contribution in [0.3, 0.4) is 0 Å². The van der Waals surface area contributed by atoms with E-state index in [1.807, 2.05) is 12.3 Å². The van der Waals surface area contributed by atoms with Crippen LogP contribution in [0.4, 0.5) is 0 Å². The van der Waals surface area contributed by atoms with Crippen molar-refractivity contribution in [3.05, 3.63) is 22.4 Å². The van der Waals surface area contributed by atoms with Gasteiger partial charge in [0, 0.05) is 49.4 Å². The van der Waals surface area contributed by atoms with E-state index in [9.17, 15) is 4.79 Å². The first-order valence-corrected chi connectivity index (χ1v) is 8.62. The SMILES string of the molecule is O=C(NCCCN1CCNCC1)c1cc(Br)cn1C1CC1. The molecule has 0 unspecified atom stereocenters. The van der Waals surface area contributed by atoms with E-state index in [1.165, 1.54) is 12.8 Å². The third-order valence-corrected chi connectivity index (χ3v) is 4.57. The summed E-state index contributed by atoms with van der Waals surface area (Å²) in [4.78, 5) is 14.7. The summed E-state index contributed by atoms with van der Waals surface area (Å²) < 4.78 is 3.09. The van der Waals surface area contributed by atoms with Gasteiger partial charge in [-0.05, 0) is 47.8 Å². The van der Waals surface area contributed by atoms with Crippen LogP contribution in [-0.4, -0.2) is 54.6 Å². The number of nitrogens with zero attached hydrogens (tertiary/aromatic N) is 2. The van der Waals surface area contributed by atoms with E-state index in [0.717, 1.165) is 55.9 Å². The van der Waals surface area contributed by atoms with Gasteiger partial charge < -0.3 is 20.1 Å². The monoisotopic (exact) mass is 354 g/mol. The van der Waals surface area contributed by atoms with E-state index in [1.54, 1.807) is 0 Å². The number of amides is 1. The van der Waals surface area contributed by atoms with Crippen molar-refractivity contribution in [1.82, 2.24) is 20.1 Å². The predicted octanol–water partition coefficient (Wildman–Crippen LogP) is 1.61. The molecule has 0 bridgehead atoms. The molecule has 2 heterocycles. The van der Waals surface area contributed by atoms with Crippen LogP contribution in [0.5, 0.6) is 0 Å². The lowest BCUT2D eigenvalue weighted by Crippen LogP contribution is -2.44. The molecule has 5 nitrogen and oxygen atoms in total. The highest BCUT2D eigenvalue weighted by Crippen LogP contribution is 2.37. The van der Waals surface area contributed by atoms with Gasteiger partial charge in [0.2, 0.25) is 0 Å². The van der Waals surface area contributed by atoms with Crippen molar-refractivity contribution in [1.29, 1.82) is 0 Å². The van der Waals surface area contributed by atoms with Crippen molar-refractivity contribution in [2.24, 2.45) is 0 Å². The Morgan fingerprint density at radius 2 is 2.14 bits per heavy atom. The average molecular weight is 355 g/mol. The quantitative estimate of drug-likeness (QED) is 0.763. The normalized spacial score (nSPS) is 19.7. The largest absolute Gasteiger partial charge is 0.351 e. The lowest BCUT2D eigenvalue weighted by molar-refractivity contribution is 0.0942. The third-order valence-electron chi connectivity index (χ3n) is 4.13. The predicted molar refractivity (Wildman–Crippen MR) is 86.7 cm³/mol. The van der Waals surface area contributed by atoms with Gasteiger partial charge in [-0.25, -0.2) is 0 Å². The maximum atomic E-state index is 12.3. The van der Waals surface area contributed by atoms with Crippen molar-refractivity contribution in [3.8, 4) is 0 Å². The van der Waals surface area contributed by atoms with Crippen LogP contribution >= 0.6 is 15.9 Å². The summed E-state index contributed by atoms with van der Waals surface area (Å²) >= 11 is 3.47. The first kappa shape index (κ1) is 15.1. The maximum absolute atomic E-state index is 12.3. The van der Waals surface area contributed by atoms with Crippen molar-refractivity contribution >= 4 is 21.8 Å². The number of aromatic nitrogens is 1. The van der Waals surface area contributed by atoms with Crippen LogP contribution in [0, 0.1) is 0 Å². The molecule has 1 amide bonds. The Morgan fingerprint density at radius 1 is 1.38 bits per heavy atom. The van der Waals surface area contributed by atoms with E-state index < -0.39 is 0 Å². The highest BCUT2D eigenvalue weighted by Gasteiger charge is 2.27. The van der Waals surface area contributed by atoms with E-state index >= 15 is 0 Å². The van der Waals surface area contributed by atoms with E-state index in [-0.39, 0.29) is 5.91 Å². The number of halogens is 1. The summed E-state index contributed by atoms with van der Waals surface area (Å²) in [6.45, 7) is 6.20. The molecule has 1 aromatic rings. The average Bonchev–Trinajstić information content (AvgIpc) is 3.27. The highest BCUT2D eigenvalue weighted by molar-refractivity contribution is 9.10. The van der Waals surface area contributed by atoms with Gasteiger partial charge in [-0.1, -0.05) is 0 Å². The van der Waals surface area contributed by atoms with Gasteiger partial charge in [-0.3, -0.25) is 4.79 Å². The second-order valence-electron chi connectivity index (χ2n) is 5.88. The van der Waals surface area contributed by atoms with Crippen LogP contribution in [0.25, 0.3) is 0 Å². The van der Waals surface area contributed by atoms with Crippen LogP contribution in [0.15, 0.2) is 16.7 Å². The molecule has 3 rings (SSSR count). The van der Waals surface area contributed by atoms with Crippen LogP contribution in [-0.2, 0) is 0 Å². The Morgan fingerprint density at radius 3 is 2.86 bits per heavy atom. The van der Waals surface area contributed by atoms with Gasteiger partial charge in [-0.15, -0.1) is 0 Å². The van der Waals surface area contributed by atoms with Gasteiger partial charge in [0.15, 0.2) is 0 Å².